The lowest BCUT2D eigenvalue weighted by Gasteiger charge is -2.33. The lowest BCUT2D eigenvalue weighted by atomic mass is 10.0. The molecule has 1 heterocycles. The summed E-state index contributed by atoms with van der Waals surface area (Å²) < 4.78 is 22.7. The fourth-order valence-electron chi connectivity index (χ4n) is 3.55. The second-order valence-corrected chi connectivity index (χ2v) is 9.13. The smallest absolute Gasteiger partial charge is 0.238 e. The molecule has 1 aliphatic heterocycles. The van der Waals surface area contributed by atoms with Crippen LogP contribution in [0.2, 0.25) is 0 Å². The summed E-state index contributed by atoms with van der Waals surface area (Å²) in [6, 6.07) is 17.5. The summed E-state index contributed by atoms with van der Waals surface area (Å²) in [5.74, 6) is 0.787. The van der Waals surface area contributed by atoms with E-state index in [9.17, 15) is 8.42 Å². The fourth-order valence-corrected chi connectivity index (χ4v) is 4.06. The van der Waals surface area contributed by atoms with Gasteiger partial charge in [0.05, 0.1) is 11.4 Å². The summed E-state index contributed by atoms with van der Waals surface area (Å²) in [7, 11) is -3.67. The number of sulfonamides is 1. The van der Waals surface area contributed by atoms with Crippen molar-refractivity contribution in [1.82, 2.24) is 15.5 Å². The Morgan fingerprint density at radius 3 is 2.29 bits per heavy atom. The van der Waals surface area contributed by atoms with Crippen molar-refractivity contribution in [3.05, 3.63) is 65.7 Å². The molecule has 0 radical (unpaired) electrons. The summed E-state index contributed by atoms with van der Waals surface area (Å²) >= 11 is 0. The van der Waals surface area contributed by atoms with Crippen molar-refractivity contribution in [3.63, 3.8) is 0 Å². The number of aliphatic imine (C=N–C) groups is 1. The number of hydrogen-bond acceptors (Lipinski definition) is 4. The summed E-state index contributed by atoms with van der Waals surface area (Å²) in [5, 5.41) is 12.0. The molecule has 2 aromatic rings. The molecular weight excluding hydrogens is 525 g/mol. The molecule has 9 heteroatoms. The van der Waals surface area contributed by atoms with Gasteiger partial charge in [0, 0.05) is 32.2 Å². The van der Waals surface area contributed by atoms with Gasteiger partial charge in [0.25, 0.3) is 0 Å². The van der Waals surface area contributed by atoms with Gasteiger partial charge in [-0.1, -0.05) is 42.5 Å². The highest BCUT2D eigenvalue weighted by molar-refractivity contribution is 14.0. The Morgan fingerprint density at radius 2 is 1.71 bits per heavy atom. The van der Waals surface area contributed by atoms with Crippen molar-refractivity contribution in [1.29, 1.82) is 0 Å². The number of nitrogens with two attached hydrogens (primary N) is 1. The molecule has 0 unspecified atom stereocenters. The van der Waals surface area contributed by atoms with Crippen LogP contribution in [0.5, 0.6) is 0 Å². The number of halogens is 1. The fraction of sp³-hybridized carbons (Fsp3) is 0.409. The highest BCUT2D eigenvalue weighted by atomic mass is 127. The minimum atomic E-state index is -3.67. The van der Waals surface area contributed by atoms with Gasteiger partial charge in [-0.05, 0) is 43.0 Å². The van der Waals surface area contributed by atoms with Crippen LogP contribution in [0.15, 0.2) is 64.5 Å². The van der Waals surface area contributed by atoms with Crippen molar-refractivity contribution in [2.75, 3.05) is 19.6 Å². The van der Waals surface area contributed by atoms with Gasteiger partial charge in [-0.15, -0.1) is 24.0 Å². The van der Waals surface area contributed by atoms with E-state index < -0.39 is 10.0 Å². The number of primary sulfonamides is 1. The van der Waals surface area contributed by atoms with Crippen LogP contribution in [0.1, 0.15) is 30.9 Å². The van der Waals surface area contributed by atoms with Gasteiger partial charge in [0.2, 0.25) is 10.0 Å². The van der Waals surface area contributed by atoms with E-state index in [1.807, 2.05) is 6.92 Å². The second kappa shape index (κ2) is 12.4. The Labute approximate surface area is 202 Å². The maximum absolute atomic E-state index is 11.4. The summed E-state index contributed by atoms with van der Waals surface area (Å²) in [5.41, 5.74) is 2.28. The van der Waals surface area contributed by atoms with E-state index in [2.05, 4.69) is 50.9 Å². The van der Waals surface area contributed by atoms with Crippen LogP contribution >= 0.6 is 24.0 Å². The van der Waals surface area contributed by atoms with E-state index in [4.69, 9.17) is 5.14 Å². The number of nitrogens with zero attached hydrogens (tertiary/aromatic N) is 2. The van der Waals surface area contributed by atoms with Crippen LogP contribution < -0.4 is 15.8 Å². The molecule has 0 spiro atoms. The summed E-state index contributed by atoms with van der Waals surface area (Å²) in [6.07, 6.45) is 2.14. The molecule has 7 nitrogen and oxygen atoms in total. The summed E-state index contributed by atoms with van der Waals surface area (Å²) in [4.78, 5) is 7.26. The molecule has 0 aromatic heterocycles. The Balaban J connectivity index is 0.00000341. The van der Waals surface area contributed by atoms with Gasteiger partial charge in [-0.25, -0.2) is 18.5 Å². The van der Waals surface area contributed by atoms with E-state index in [0.717, 1.165) is 50.5 Å². The highest BCUT2D eigenvalue weighted by Crippen LogP contribution is 2.14. The van der Waals surface area contributed by atoms with Crippen molar-refractivity contribution in [2.45, 2.75) is 43.8 Å². The first-order valence-electron chi connectivity index (χ1n) is 10.4. The maximum Gasteiger partial charge on any atom is 0.238 e. The van der Waals surface area contributed by atoms with Crippen LogP contribution in [-0.2, 0) is 23.1 Å². The van der Waals surface area contributed by atoms with Crippen LogP contribution in [0.3, 0.4) is 0 Å². The molecule has 2 aromatic carbocycles. The molecule has 31 heavy (non-hydrogen) atoms. The zero-order valence-electron chi connectivity index (χ0n) is 17.8. The van der Waals surface area contributed by atoms with Crippen LogP contribution in [-0.4, -0.2) is 45.0 Å². The largest absolute Gasteiger partial charge is 0.357 e. The molecule has 1 saturated heterocycles. The number of hydrogen-bond donors (Lipinski definition) is 3. The van der Waals surface area contributed by atoms with Crippen molar-refractivity contribution in [3.8, 4) is 0 Å². The second-order valence-electron chi connectivity index (χ2n) is 7.56. The van der Waals surface area contributed by atoms with Crippen LogP contribution in [0.4, 0.5) is 0 Å². The Kier molecular flexibility index (Phi) is 10.2. The quantitative estimate of drug-likeness (QED) is 0.276. The van der Waals surface area contributed by atoms with E-state index in [0.29, 0.717) is 12.6 Å². The molecule has 0 saturated carbocycles. The van der Waals surface area contributed by atoms with E-state index in [1.165, 1.54) is 17.7 Å². The predicted octanol–water partition coefficient (Wildman–Crippen LogP) is 2.67. The standard InChI is InChI=1S/C22H31N5O2S.HI/c1-2-24-22(25-16-18-8-10-21(11-9-18)30(23,28)29)26-20-12-14-27(15-13-20)17-19-6-4-3-5-7-19;/h3-11,20H,2,12-17H2,1H3,(H2,23,28,29)(H2,24,25,26);1H. The number of benzene rings is 2. The molecule has 1 fully saturated rings. The average molecular weight is 558 g/mol. The van der Waals surface area contributed by atoms with E-state index >= 15 is 0 Å². The van der Waals surface area contributed by atoms with Gasteiger partial charge in [-0.2, -0.15) is 0 Å². The Morgan fingerprint density at radius 1 is 1.06 bits per heavy atom. The van der Waals surface area contributed by atoms with E-state index in [-0.39, 0.29) is 28.9 Å². The molecule has 170 valence electrons. The SMILES string of the molecule is CCNC(=NCc1ccc(S(N)(=O)=O)cc1)NC1CCN(Cc2ccccc2)CC1.I. The molecule has 0 atom stereocenters. The first-order valence-corrected chi connectivity index (χ1v) is 11.9. The molecule has 3 rings (SSSR count). The number of guanidine groups is 1. The van der Waals surface area contributed by atoms with Gasteiger partial charge >= 0.3 is 0 Å². The third-order valence-electron chi connectivity index (χ3n) is 5.19. The number of rotatable bonds is 7. The normalized spacial score (nSPS) is 15.9. The van der Waals surface area contributed by atoms with Gasteiger partial charge < -0.3 is 10.6 Å². The minimum Gasteiger partial charge on any atom is -0.357 e. The Hall–Kier alpha value is -1.69. The molecule has 4 N–H and O–H groups in total. The van der Waals surface area contributed by atoms with Gasteiger partial charge in [-0.3, -0.25) is 4.90 Å². The molecule has 0 aliphatic carbocycles. The highest BCUT2D eigenvalue weighted by Gasteiger charge is 2.20. The zero-order valence-corrected chi connectivity index (χ0v) is 21.0. The minimum absolute atomic E-state index is 0. The number of piperidine rings is 1. The lowest BCUT2D eigenvalue weighted by Crippen LogP contribution is -2.48. The number of likely N-dealkylation sites (tertiary alicyclic amines) is 1. The molecule has 1 aliphatic rings. The third kappa shape index (κ3) is 8.40. The van der Waals surface area contributed by atoms with Crippen molar-refractivity contribution >= 4 is 40.0 Å². The average Bonchev–Trinajstić information content (AvgIpc) is 2.74. The topological polar surface area (TPSA) is 99.8 Å². The van der Waals surface area contributed by atoms with Gasteiger partial charge in [0.15, 0.2) is 5.96 Å². The van der Waals surface area contributed by atoms with Crippen LogP contribution in [0.25, 0.3) is 0 Å². The number of nitrogens with one attached hydrogen (secondary N) is 2. The molecular formula is C22H32IN5O2S. The first-order chi connectivity index (χ1) is 14.4. The zero-order chi connectivity index (χ0) is 21.4. The molecule has 0 amide bonds. The first kappa shape index (κ1) is 25.6. The predicted molar refractivity (Wildman–Crippen MR) is 136 cm³/mol. The van der Waals surface area contributed by atoms with Gasteiger partial charge in [0.1, 0.15) is 0 Å². The third-order valence-corrected chi connectivity index (χ3v) is 6.12. The Bertz CT molecular complexity index is 928. The molecule has 0 bridgehead atoms. The lowest BCUT2D eigenvalue weighted by molar-refractivity contribution is 0.198. The van der Waals surface area contributed by atoms with E-state index in [1.54, 1.807) is 12.1 Å². The monoisotopic (exact) mass is 557 g/mol. The maximum atomic E-state index is 11.4. The van der Waals surface area contributed by atoms with Crippen molar-refractivity contribution < 1.29 is 8.42 Å². The van der Waals surface area contributed by atoms with Crippen molar-refractivity contribution in [2.24, 2.45) is 10.1 Å². The summed E-state index contributed by atoms with van der Waals surface area (Å²) in [6.45, 7) is 6.40. The van der Waals surface area contributed by atoms with Crippen LogP contribution in [0, 0.1) is 0 Å².